The molecule has 122 valence electrons. The van der Waals surface area contributed by atoms with Crippen molar-refractivity contribution >= 4 is 23.2 Å². The van der Waals surface area contributed by atoms with Crippen molar-refractivity contribution in [2.45, 2.75) is 6.42 Å². The third-order valence-corrected chi connectivity index (χ3v) is 4.41. The molecule has 0 unspecified atom stereocenters. The molecule has 0 saturated heterocycles. The third kappa shape index (κ3) is 2.39. The van der Waals surface area contributed by atoms with Gasteiger partial charge in [-0.25, -0.2) is 4.98 Å². The first-order chi connectivity index (χ1) is 12.3. The molecule has 4 aromatic heterocycles. The van der Waals surface area contributed by atoms with Crippen LogP contribution in [0, 0.1) is 0 Å². The summed E-state index contributed by atoms with van der Waals surface area (Å²) in [5.74, 6) is 0.792. The Kier molecular flexibility index (Phi) is 2.97. The summed E-state index contributed by atoms with van der Waals surface area (Å²) in [4.78, 5) is 9.03. The Hall–Kier alpha value is -3.41. The number of pyridine rings is 2. The summed E-state index contributed by atoms with van der Waals surface area (Å²) < 4.78 is 3.79. The van der Waals surface area contributed by atoms with Gasteiger partial charge in [-0.05, 0) is 30.2 Å². The number of aryl methyl sites for hydroxylation is 1. The second kappa shape index (κ2) is 5.31. The lowest BCUT2D eigenvalue weighted by Gasteiger charge is -2.10. The van der Waals surface area contributed by atoms with Crippen LogP contribution in [-0.4, -0.2) is 24.1 Å². The maximum Gasteiger partial charge on any atom is 0.160 e. The van der Waals surface area contributed by atoms with Crippen LogP contribution in [0.25, 0.3) is 22.9 Å². The Balaban J connectivity index is 1.62. The van der Waals surface area contributed by atoms with Crippen LogP contribution in [0.5, 0.6) is 0 Å². The highest BCUT2D eigenvalue weighted by atomic mass is 15.3. The Morgan fingerprint density at radius 1 is 1.12 bits per heavy atom. The van der Waals surface area contributed by atoms with E-state index >= 15 is 0 Å². The minimum absolute atomic E-state index is 0.792. The predicted molar refractivity (Wildman–Crippen MR) is 97.7 cm³/mol. The van der Waals surface area contributed by atoms with E-state index in [0.29, 0.717) is 0 Å². The molecule has 4 aromatic rings. The lowest BCUT2D eigenvalue weighted by atomic mass is 10.1. The average Bonchev–Trinajstić information content (AvgIpc) is 3.34. The van der Waals surface area contributed by atoms with E-state index in [1.54, 1.807) is 10.9 Å². The number of rotatable bonds is 3. The van der Waals surface area contributed by atoms with Crippen molar-refractivity contribution in [1.82, 2.24) is 24.1 Å². The van der Waals surface area contributed by atoms with Crippen LogP contribution < -0.4 is 5.32 Å². The van der Waals surface area contributed by atoms with Gasteiger partial charge < -0.3 is 9.72 Å². The van der Waals surface area contributed by atoms with Gasteiger partial charge >= 0.3 is 0 Å². The Morgan fingerprint density at radius 2 is 2.08 bits per heavy atom. The van der Waals surface area contributed by atoms with E-state index in [1.807, 2.05) is 36.1 Å². The fourth-order valence-electron chi connectivity index (χ4n) is 3.19. The fourth-order valence-corrected chi connectivity index (χ4v) is 3.19. The number of hydrogen-bond donors (Lipinski definition) is 1. The second-order valence-electron chi connectivity index (χ2n) is 6.18. The van der Waals surface area contributed by atoms with Crippen LogP contribution in [0.4, 0.5) is 11.5 Å². The molecule has 0 saturated carbocycles. The van der Waals surface area contributed by atoms with E-state index in [-0.39, 0.29) is 0 Å². The SMILES string of the molecule is Cn1ccc(Nc2cc(-c3cnc4c(c3)CC=C4)cn3ccnc23)n1. The largest absolute Gasteiger partial charge is 0.336 e. The standard InChI is InChI=1S/C19H16N6/c1-24-7-5-18(23-24)22-17-10-15(12-25-8-6-20-19(17)25)14-9-13-3-2-4-16(13)21-11-14/h2,4-12H,3H2,1H3,(H,22,23). The van der Waals surface area contributed by atoms with Crippen LogP contribution in [-0.2, 0) is 13.5 Å². The number of fused-ring (bicyclic) bond motifs is 2. The number of anilines is 2. The van der Waals surface area contributed by atoms with Crippen LogP contribution in [0.3, 0.4) is 0 Å². The highest BCUT2D eigenvalue weighted by molar-refractivity contribution is 5.79. The highest BCUT2D eigenvalue weighted by Gasteiger charge is 2.12. The van der Waals surface area contributed by atoms with Gasteiger partial charge in [0.15, 0.2) is 11.5 Å². The van der Waals surface area contributed by atoms with Crippen molar-refractivity contribution in [3.63, 3.8) is 0 Å². The average molecular weight is 328 g/mol. The molecule has 25 heavy (non-hydrogen) atoms. The summed E-state index contributed by atoms with van der Waals surface area (Å²) in [5.41, 5.74) is 6.31. The number of nitrogens with zero attached hydrogens (tertiary/aromatic N) is 5. The number of hydrogen-bond acceptors (Lipinski definition) is 4. The van der Waals surface area contributed by atoms with Crippen LogP contribution in [0.15, 0.2) is 55.3 Å². The molecule has 0 spiro atoms. The van der Waals surface area contributed by atoms with Gasteiger partial charge in [0, 0.05) is 55.2 Å². The van der Waals surface area contributed by atoms with E-state index in [4.69, 9.17) is 0 Å². The zero-order valence-corrected chi connectivity index (χ0v) is 13.7. The maximum absolute atomic E-state index is 4.57. The molecule has 6 nitrogen and oxygen atoms in total. The molecule has 1 N–H and O–H groups in total. The smallest absolute Gasteiger partial charge is 0.160 e. The quantitative estimate of drug-likeness (QED) is 0.626. The predicted octanol–water partition coefficient (Wildman–Crippen LogP) is 3.44. The Bertz CT molecular complexity index is 1120. The molecule has 0 bridgehead atoms. The highest BCUT2D eigenvalue weighted by Crippen LogP contribution is 2.29. The van der Waals surface area contributed by atoms with Crippen molar-refractivity contribution in [1.29, 1.82) is 0 Å². The molecular formula is C19H16N6. The molecule has 4 heterocycles. The van der Waals surface area contributed by atoms with Gasteiger partial charge in [0.2, 0.25) is 0 Å². The zero-order valence-electron chi connectivity index (χ0n) is 13.7. The molecule has 1 aliphatic carbocycles. The third-order valence-electron chi connectivity index (χ3n) is 4.41. The summed E-state index contributed by atoms with van der Waals surface area (Å²) in [6, 6.07) is 6.25. The first-order valence-corrected chi connectivity index (χ1v) is 8.15. The first-order valence-electron chi connectivity index (χ1n) is 8.15. The minimum atomic E-state index is 0.792. The zero-order chi connectivity index (χ0) is 16.8. The van der Waals surface area contributed by atoms with E-state index in [9.17, 15) is 0 Å². The lowest BCUT2D eigenvalue weighted by molar-refractivity contribution is 0.771. The van der Waals surface area contributed by atoms with Gasteiger partial charge in [0.05, 0.1) is 11.4 Å². The molecule has 1 aliphatic rings. The summed E-state index contributed by atoms with van der Waals surface area (Å²) >= 11 is 0. The number of nitrogens with one attached hydrogen (secondary N) is 1. The van der Waals surface area contributed by atoms with E-state index < -0.39 is 0 Å². The first kappa shape index (κ1) is 14.0. The van der Waals surface area contributed by atoms with Crippen LogP contribution >= 0.6 is 0 Å². The van der Waals surface area contributed by atoms with Crippen LogP contribution in [0.2, 0.25) is 0 Å². The monoisotopic (exact) mass is 328 g/mol. The summed E-state index contributed by atoms with van der Waals surface area (Å²) in [5, 5.41) is 7.76. The summed E-state index contributed by atoms with van der Waals surface area (Å²) in [6.07, 6.45) is 14.8. The van der Waals surface area contributed by atoms with Crippen molar-refractivity contribution in [3.8, 4) is 11.1 Å². The number of allylic oxidation sites excluding steroid dienone is 1. The van der Waals surface area contributed by atoms with E-state index in [1.165, 1.54) is 5.56 Å². The molecular weight excluding hydrogens is 312 g/mol. The van der Waals surface area contributed by atoms with Gasteiger partial charge in [-0.1, -0.05) is 6.08 Å². The van der Waals surface area contributed by atoms with Crippen molar-refractivity contribution in [2.24, 2.45) is 7.05 Å². The van der Waals surface area contributed by atoms with Crippen LogP contribution in [0.1, 0.15) is 11.3 Å². The topological polar surface area (TPSA) is 60.0 Å². The molecule has 0 radical (unpaired) electrons. The van der Waals surface area contributed by atoms with Crippen molar-refractivity contribution in [2.75, 3.05) is 5.32 Å². The van der Waals surface area contributed by atoms with Gasteiger partial charge in [-0.15, -0.1) is 0 Å². The number of imidazole rings is 1. The Morgan fingerprint density at radius 3 is 2.96 bits per heavy atom. The van der Waals surface area contributed by atoms with E-state index in [2.05, 4.69) is 50.9 Å². The molecule has 5 rings (SSSR count). The summed E-state index contributed by atoms with van der Waals surface area (Å²) in [7, 11) is 1.90. The van der Waals surface area contributed by atoms with Crippen molar-refractivity contribution in [3.05, 3.63) is 66.5 Å². The summed E-state index contributed by atoms with van der Waals surface area (Å²) in [6.45, 7) is 0. The second-order valence-corrected chi connectivity index (χ2v) is 6.18. The number of aromatic nitrogens is 5. The van der Waals surface area contributed by atoms with Gasteiger partial charge in [0.1, 0.15) is 0 Å². The molecule has 0 fully saturated rings. The lowest BCUT2D eigenvalue weighted by Crippen LogP contribution is -1.98. The molecule has 0 atom stereocenters. The molecule has 0 aliphatic heterocycles. The Labute approximate surface area is 144 Å². The van der Waals surface area contributed by atoms with Crippen molar-refractivity contribution < 1.29 is 0 Å². The molecule has 0 aromatic carbocycles. The van der Waals surface area contributed by atoms with Gasteiger partial charge in [-0.3, -0.25) is 9.67 Å². The molecule has 6 heteroatoms. The van der Waals surface area contributed by atoms with E-state index in [0.717, 1.165) is 40.4 Å². The van der Waals surface area contributed by atoms with Gasteiger partial charge in [-0.2, -0.15) is 5.10 Å². The minimum Gasteiger partial charge on any atom is -0.336 e. The maximum atomic E-state index is 4.57. The fraction of sp³-hybridized carbons (Fsp3) is 0.105. The van der Waals surface area contributed by atoms with Gasteiger partial charge in [0.25, 0.3) is 0 Å². The normalized spacial score (nSPS) is 12.7. The molecule has 0 amide bonds.